The summed E-state index contributed by atoms with van der Waals surface area (Å²) in [5.41, 5.74) is 4.26. The average Bonchev–Trinajstić information content (AvgIpc) is 3.81. The highest BCUT2D eigenvalue weighted by Crippen LogP contribution is 2.45. The van der Waals surface area contributed by atoms with Gasteiger partial charge in [0.1, 0.15) is 24.0 Å². The lowest BCUT2D eigenvalue weighted by Crippen LogP contribution is -2.25. The molecular weight excluding hydrogens is 454 g/mol. The highest BCUT2D eigenvalue weighted by molar-refractivity contribution is 5.96. The highest BCUT2D eigenvalue weighted by atomic mass is 16.6. The molecule has 1 aromatic heterocycles. The first-order valence-electron chi connectivity index (χ1n) is 13.0. The molecule has 3 fully saturated rings. The third-order valence-corrected chi connectivity index (χ3v) is 7.45. The third kappa shape index (κ3) is 4.66. The largest absolute Gasteiger partial charge is 0.490 e. The van der Waals surface area contributed by atoms with Crippen molar-refractivity contribution in [1.29, 1.82) is 5.26 Å². The summed E-state index contributed by atoms with van der Waals surface area (Å²) in [7, 11) is 0. The van der Waals surface area contributed by atoms with Gasteiger partial charge in [0.2, 0.25) is 0 Å². The van der Waals surface area contributed by atoms with Crippen molar-refractivity contribution < 1.29 is 19.0 Å². The Hall–Kier alpha value is -3.50. The van der Waals surface area contributed by atoms with Crippen LogP contribution in [0, 0.1) is 17.2 Å². The minimum atomic E-state index is -0.427. The molecule has 1 atom stereocenters. The van der Waals surface area contributed by atoms with Crippen molar-refractivity contribution in [3.05, 3.63) is 48.0 Å². The topological polar surface area (TPSA) is 85.5 Å². The fourth-order valence-electron chi connectivity index (χ4n) is 5.15. The molecule has 36 heavy (non-hydrogen) atoms. The van der Waals surface area contributed by atoms with Crippen molar-refractivity contribution in [3.63, 3.8) is 0 Å². The van der Waals surface area contributed by atoms with Crippen molar-refractivity contribution >= 4 is 22.7 Å². The number of carbonyl (C=O) groups excluding carboxylic acids is 1. The summed E-state index contributed by atoms with van der Waals surface area (Å²) < 4.78 is 19.5. The summed E-state index contributed by atoms with van der Waals surface area (Å²) in [6.07, 6.45) is 5.91. The van der Waals surface area contributed by atoms with E-state index in [1.165, 1.54) is 0 Å². The van der Waals surface area contributed by atoms with E-state index >= 15 is 0 Å². The van der Waals surface area contributed by atoms with Crippen molar-refractivity contribution in [3.8, 4) is 23.1 Å². The Bertz CT molecular complexity index is 1310. The van der Waals surface area contributed by atoms with Gasteiger partial charge in [0.15, 0.2) is 0 Å². The molecule has 1 amide bonds. The van der Waals surface area contributed by atoms with Crippen LogP contribution in [-0.2, 0) is 9.47 Å². The summed E-state index contributed by atoms with van der Waals surface area (Å²) in [6.45, 7) is 3.41. The molecule has 186 valence electrons. The Morgan fingerprint density at radius 1 is 1.08 bits per heavy atom. The molecule has 7 nitrogen and oxygen atoms in total. The Morgan fingerprint density at radius 3 is 2.50 bits per heavy atom. The van der Waals surface area contributed by atoms with Gasteiger partial charge in [-0.3, -0.25) is 5.32 Å². The van der Waals surface area contributed by atoms with E-state index in [9.17, 15) is 10.1 Å². The molecule has 0 bridgehead atoms. The zero-order chi connectivity index (χ0) is 24.6. The van der Waals surface area contributed by atoms with Gasteiger partial charge < -0.3 is 18.8 Å². The second kappa shape index (κ2) is 9.51. The third-order valence-electron chi connectivity index (χ3n) is 7.45. The molecule has 2 saturated carbocycles. The number of nitriles is 1. The number of hydrogen-bond donors (Lipinski definition) is 1. The number of amides is 1. The van der Waals surface area contributed by atoms with Gasteiger partial charge >= 0.3 is 6.09 Å². The lowest BCUT2D eigenvalue weighted by atomic mass is 10.1. The maximum Gasteiger partial charge on any atom is 0.411 e. The first-order valence-corrected chi connectivity index (χ1v) is 13.0. The monoisotopic (exact) mass is 485 g/mol. The Morgan fingerprint density at radius 2 is 1.83 bits per heavy atom. The summed E-state index contributed by atoms with van der Waals surface area (Å²) >= 11 is 0. The number of benzene rings is 2. The van der Waals surface area contributed by atoms with Crippen LogP contribution in [0.5, 0.6) is 5.75 Å². The van der Waals surface area contributed by atoms with E-state index in [-0.39, 0.29) is 12.2 Å². The van der Waals surface area contributed by atoms with Gasteiger partial charge in [0.25, 0.3) is 0 Å². The molecule has 0 radical (unpaired) electrons. The zero-order valence-corrected chi connectivity index (χ0v) is 20.5. The number of hydrogen-bond acceptors (Lipinski definition) is 5. The van der Waals surface area contributed by atoms with E-state index in [0.717, 1.165) is 79.6 Å². The first kappa shape index (κ1) is 22.9. The number of fused-ring (bicyclic) bond motifs is 1. The number of anilines is 1. The first-order chi connectivity index (χ1) is 17.6. The molecule has 1 aliphatic heterocycles. The van der Waals surface area contributed by atoms with Crippen molar-refractivity contribution in [2.75, 3.05) is 18.5 Å². The van der Waals surface area contributed by atoms with E-state index in [1.807, 2.05) is 43.3 Å². The van der Waals surface area contributed by atoms with Gasteiger partial charge in [0.05, 0.1) is 30.0 Å². The number of nitrogens with zero attached hydrogens (tertiary/aromatic N) is 2. The fourth-order valence-corrected chi connectivity index (χ4v) is 5.15. The van der Waals surface area contributed by atoms with Crippen LogP contribution in [0.1, 0.15) is 57.1 Å². The molecule has 0 unspecified atom stereocenters. The lowest BCUT2D eigenvalue weighted by molar-refractivity contribution is 0.0256. The van der Waals surface area contributed by atoms with Crippen LogP contribution in [0.2, 0.25) is 0 Å². The minimum absolute atomic E-state index is 0.0583. The molecule has 7 heteroatoms. The van der Waals surface area contributed by atoms with Crippen LogP contribution < -0.4 is 10.1 Å². The van der Waals surface area contributed by atoms with E-state index in [1.54, 1.807) is 0 Å². The summed E-state index contributed by atoms with van der Waals surface area (Å²) in [6, 6.07) is 16.6. The highest BCUT2D eigenvalue weighted by Gasteiger charge is 2.32. The van der Waals surface area contributed by atoms with Crippen LogP contribution in [0.15, 0.2) is 42.5 Å². The number of nitrogens with one attached hydrogen (secondary N) is 1. The maximum atomic E-state index is 12.3. The van der Waals surface area contributed by atoms with Crippen LogP contribution in [0.25, 0.3) is 22.2 Å². The molecule has 3 aromatic rings. The van der Waals surface area contributed by atoms with Crippen LogP contribution in [-0.4, -0.2) is 36.1 Å². The predicted octanol–water partition coefficient (Wildman–Crippen LogP) is 6.42. The predicted molar refractivity (Wildman–Crippen MR) is 137 cm³/mol. The molecule has 2 aliphatic carbocycles. The fraction of sp³-hybridized carbons (Fsp3) is 0.448. The van der Waals surface area contributed by atoms with Crippen molar-refractivity contribution in [2.45, 2.75) is 63.7 Å². The number of carbonyl (C=O) groups is 1. The van der Waals surface area contributed by atoms with Gasteiger partial charge in [0, 0.05) is 36.0 Å². The Balaban J connectivity index is 1.29. The van der Waals surface area contributed by atoms with Crippen LogP contribution in [0.4, 0.5) is 10.5 Å². The normalized spacial score (nSPS) is 19.0. The zero-order valence-electron chi connectivity index (χ0n) is 20.5. The number of rotatable bonds is 7. The van der Waals surface area contributed by atoms with E-state index in [4.69, 9.17) is 14.2 Å². The standard InChI is InChI=1S/C29H31N3O4/c1-18(19-2-3-19)35-29(33)31-21-6-4-20(5-7-21)28-26(17-30)25-11-10-24(36-23-12-14-34-15-13-23)16-27(25)32(28)22-8-9-22/h4-7,10-11,16,18-19,22-23H,2-3,8-9,12-15H2,1H3,(H,31,33)/t18-/m1/s1. The smallest absolute Gasteiger partial charge is 0.411 e. The van der Waals surface area contributed by atoms with Crippen molar-refractivity contribution in [2.24, 2.45) is 5.92 Å². The van der Waals surface area contributed by atoms with Gasteiger partial charge in [-0.2, -0.15) is 5.26 Å². The molecule has 0 spiro atoms. The molecule has 6 rings (SSSR count). The van der Waals surface area contributed by atoms with Gasteiger partial charge in [-0.25, -0.2) is 4.79 Å². The van der Waals surface area contributed by atoms with E-state index < -0.39 is 6.09 Å². The molecule has 2 aromatic carbocycles. The maximum absolute atomic E-state index is 12.3. The van der Waals surface area contributed by atoms with Gasteiger partial charge in [-0.1, -0.05) is 12.1 Å². The SMILES string of the molecule is C[C@@H](OC(=O)Nc1ccc(-c2c(C#N)c3ccc(OC4CCOCC4)cc3n2C2CC2)cc1)C1CC1. The molecular formula is C29H31N3O4. The lowest BCUT2D eigenvalue weighted by Gasteiger charge is -2.23. The molecule has 3 aliphatic rings. The van der Waals surface area contributed by atoms with E-state index in [0.29, 0.717) is 23.2 Å². The minimum Gasteiger partial charge on any atom is -0.490 e. The van der Waals surface area contributed by atoms with Gasteiger partial charge in [-0.05, 0) is 68.4 Å². The van der Waals surface area contributed by atoms with Crippen LogP contribution in [0.3, 0.4) is 0 Å². The number of aromatic nitrogens is 1. The summed E-state index contributed by atoms with van der Waals surface area (Å²) in [4.78, 5) is 12.3. The van der Waals surface area contributed by atoms with Crippen molar-refractivity contribution in [1.82, 2.24) is 4.57 Å². The van der Waals surface area contributed by atoms with E-state index in [2.05, 4.69) is 22.0 Å². The second-order valence-electron chi connectivity index (χ2n) is 10.2. The quantitative estimate of drug-likeness (QED) is 0.417. The summed E-state index contributed by atoms with van der Waals surface area (Å²) in [5.74, 6) is 1.33. The molecule has 1 saturated heterocycles. The Labute approximate surface area is 210 Å². The van der Waals surface area contributed by atoms with Gasteiger partial charge in [-0.15, -0.1) is 0 Å². The second-order valence-corrected chi connectivity index (χ2v) is 10.2. The Kier molecular flexibility index (Phi) is 6.06. The molecule has 2 heterocycles. The summed E-state index contributed by atoms with van der Waals surface area (Å²) in [5, 5.41) is 13.9. The number of ether oxygens (including phenoxy) is 3. The molecule has 1 N–H and O–H groups in total. The average molecular weight is 486 g/mol. The van der Waals surface area contributed by atoms with Crippen LogP contribution >= 0.6 is 0 Å².